The van der Waals surface area contributed by atoms with Gasteiger partial charge in [-0.05, 0) is 73.6 Å². The fraction of sp³-hybridized carbons (Fsp3) is 0.500. The molecule has 26 heavy (non-hydrogen) atoms. The van der Waals surface area contributed by atoms with Gasteiger partial charge in [-0.3, -0.25) is 14.8 Å². The number of hydrogen-bond donors (Lipinski definition) is 0. The van der Waals surface area contributed by atoms with E-state index in [4.69, 9.17) is 4.74 Å². The molecule has 2 saturated heterocycles. The number of rotatable bonds is 5. The number of aromatic nitrogens is 1. The van der Waals surface area contributed by atoms with Crippen LogP contribution in [0.25, 0.3) is 0 Å². The van der Waals surface area contributed by atoms with Crippen LogP contribution in [0.5, 0.6) is 5.75 Å². The Morgan fingerprint density at radius 3 is 2.42 bits per heavy atom. The van der Waals surface area contributed by atoms with E-state index in [2.05, 4.69) is 39.0 Å². The first-order chi connectivity index (χ1) is 12.7. The van der Waals surface area contributed by atoms with Crippen molar-refractivity contribution in [1.82, 2.24) is 14.8 Å². The van der Waals surface area contributed by atoms with Gasteiger partial charge < -0.3 is 4.74 Å². The third-order valence-corrected chi connectivity index (χ3v) is 6.10. The Hall–Kier alpha value is -1.91. The summed E-state index contributed by atoms with van der Waals surface area (Å²) in [6.45, 7) is 6.96. The normalized spacial score (nSPS) is 20.5. The van der Waals surface area contributed by atoms with Crippen LogP contribution in [0.2, 0.25) is 0 Å². The molecule has 0 N–H and O–H groups in total. The molecule has 0 radical (unpaired) electrons. The molecule has 4 nitrogen and oxygen atoms in total. The first kappa shape index (κ1) is 17.5. The molecule has 0 atom stereocenters. The van der Waals surface area contributed by atoms with Gasteiger partial charge in [0, 0.05) is 32.0 Å². The van der Waals surface area contributed by atoms with E-state index in [1.54, 1.807) is 7.11 Å². The Bertz CT molecular complexity index is 710. The molecule has 0 saturated carbocycles. The van der Waals surface area contributed by atoms with E-state index >= 15 is 0 Å². The van der Waals surface area contributed by atoms with E-state index in [-0.39, 0.29) is 0 Å². The van der Waals surface area contributed by atoms with Crippen molar-refractivity contribution in [2.75, 3.05) is 33.3 Å². The van der Waals surface area contributed by atoms with Crippen molar-refractivity contribution in [3.8, 4) is 5.75 Å². The maximum absolute atomic E-state index is 5.35. The van der Waals surface area contributed by atoms with Crippen molar-refractivity contribution >= 4 is 0 Å². The van der Waals surface area contributed by atoms with Crippen molar-refractivity contribution in [2.24, 2.45) is 5.41 Å². The first-order valence-corrected chi connectivity index (χ1v) is 9.71. The van der Waals surface area contributed by atoms with Crippen LogP contribution in [-0.2, 0) is 13.1 Å². The monoisotopic (exact) mass is 351 g/mol. The molecular formula is C22H29N3O. The molecule has 1 spiro atoms. The van der Waals surface area contributed by atoms with Gasteiger partial charge in [-0.25, -0.2) is 0 Å². The zero-order valence-corrected chi connectivity index (χ0v) is 15.7. The summed E-state index contributed by atoms with van der Waals surface area (Å²) < 4.78 is 5.35. The summed E-state index contributed by atoms with van der Waals surface area (Å²) in [6.07, 6.45) is 7.84. The molecule has 4 heteroatoms. The van der Waals surface area contributed by atoms with Gasteiger partial charge in [0.05, 0.1) is 7.11 Å². The summed E-state index contributed by atoms with van der Waals surface area (Å²) in [6, 6.07) is 12.7. The van der Waals surface area contributed by atoms with E-state index in [1.807, 2.05) is 24.5 Å². The predicted octanol–water partition coefficient (Wildman–Crippen LogP) is 3.58. The van der Waals surface area contributed by atoms with Gasteiger partial charge >= 0.3 is 0 Å². The Morgan fingerprint density at radius 2 is 1.69 bits per heavy atom. The van der Waals surface area contributed by atoms with Gasteiger partial charge in [-0.15, -0.1) is 0 Å². The Morgan fingerprint density at radius 1 is 0.962 bits per heavy atom. The fourth-order valence-electron chi connectivity index (χ4n) is 4.54. The molecule has 4 rings (SSSR count). The van der Waals surface area contributed by atoms with Crippen molar-refractivity contribution in [3.05, 3.63) is 59.9 Å². The van der Waals surface area contributed by atoms with Crippen LogP contribution in [0.15, 0.2) is 48.8 Å². The number of hydrogen-bond acceptors (Lipinski definition) is 4. The standard InChI is InChI=1S/C22H29N3O/c1-26-21-6-2-4-19(14-21)16-24-11-7-22(8-12-24)9-13-25(18-22)17-20-5-3-10-23-15-20/h2-6,10,14-15H,7-9,11-13,16-18H2,1H3. The number of benzene rings is 1. The highest BCUT2D eigenvalue weighted by molar-refractivity contribution is 5.28. The smallest absolute Gasteiger partial charge is 0.119 e. The van der Waals surface area contributed by atoms with Crippen LogP contribution in [0.4, 0.5) is 0 Å². The maximum atomic E-state index is 5.35. The summed E-state index contributed by atoms with van der Waals surface area (Å²) in [4.78, 5) is 9.47. The minimum Gasteiger partial charge on any atom is -0.497 e. The van der Waals surface area contributed by atoms with Gasteiger partial charge in [0.1, 0.15) is 5.75 Å². The molecule has 0 unspecified atom stereocenters. The van der Waals surface area contributed by atoms with Gasteiger partial charge in [0.25, 0.3) is 0 Å². The SMILES string of the molecule is COc1cccc(CN2CCC3(CC2)CCN(Cc2cccnc2)C3)c1. The van der Waals surface area contributed by atoms with Gasteiger partial charge in [0.15, 0.2) is 0 Å². The van der Waals surface area contributed by atoms with E-state index < -0.39 is 0 Å². The van der Waals surface area contributed by atoms with Crippen molar-refractivity contribution < 1.29 is 4.74 Å². The van der Waals surface area contributed by atoms with Gasteiger partial charge in [0.2, 0.25) is 0 Å². The van der Waals surface area contributed by atoms with Crippen LogP contribution >= 0.6 is 0 Å². The average molecular weight is 351 g/mol. The van der Waals surface area contributed by atoms with Crippen molar-refractivity contribution in [3.63, 3.8) is 0 Å². The number of piperidine rings is 1. The molecule has 0 aliphatic carbocycles. The lowest BCUT2D eigenvalue weighted by molar-refractivity contribution is 0.102. The number of pyridine rings is 1. The van der Waals surface area contributed by atoms with Crippen LogP contribution in [0.1, 0.15) is 30.4 Å². The topological polar surface area (TPSA) is 28.6 Å². The van der Waals surface area contributed by atoms with Crippen LogP contribution in [-0.4, -0.2) is 48.1 Å². The molecule has 3 heterocycles. The van der Waals surface area contributed by atoms with E-state index in [0.717, 1.165) is 18.8 Å². The second-order valence-electron chi connectivity index (χ2n) is 7.95. The summed E-state index contributed by atoms with van der Waals surface area (Å²) in [5.74, 6) is 0.956. The van der Waals surface area contributed by atoms with E-state index in [1.165, 1.54) is 56.6 Å². The van der Waals surface area contributed by atoms with Gasteiger partial charge in [-0.2, -0.15) is 0 Å². The average Bonchev–Trinajstić information content (AvgIpc) is 3.07. The number of methoxy groups -OCH3 is 1. The third-order valence-electron chi connectivity index (χ3n) is 6.10. The number of ether oxygens (including phenoxy) is 1. The zero-order valence-electron chi connectivity index (χ0n) is 15.7. The molecule has 138 valence electrons. The Labute approximate surface area is 156 Å². The zero-order chi connectivity index (χ0) is 17.8. The number of nitrogens with zero attached hydrogens (tertiary/aromatic N) is 3. The van der Waals surface area contributed by atoms with Gasteiger partial charge in [-0.1, -0.05) is 18.2 Å². The molecule has 1 aromatic carbocycles. The maximum Gasteiger partial charge on any atom is 0.119 e. The lowest BCUT2D eigenvalue weighted by Gasteiger charge is -2.39. The van der Waals surface area contributed by atoms with E-state index in [0.29, 0.717) is 5.41 Å². The number of likely N-dealkylation sites (tertiary alicyclic amines) is 2. The summed E-state index contributed by atoms with van der Waals surface area (Å²) in [5, 5.41) is 0. The lowest BCUT2D eigenvalue weighted by atomic mass is 9.77. The fourth-order valence-corrected chi connectivity index (χ4v) is 4.54. The molecule has 0 amide bonds. The molecule has 1 aromatic heterocycles. The van der Waals surface area contributed by atoms with Crippen molar-refractivity contribution in [1.29, 1.82) is 0 Å². The highest BCUT2D eigenvalue weighted by atomic mass is 16.5. The lowest BCUT2D eigenvalue weighted by Crippen LogP contribution is -2.41. The second-order valence-corrected chi connectivity index (χ2v) is 7.95. The third kappa shape index (κ3) is 4.08. The minimum atomic E-state index is 0.535. The Balaban J connectivity index is 1.29. The summed E-state index contributed by atoms with van der Waals surface area (Å²) in [5.41, 5.74) is 3.22. The highest BCUT2D eigenvalue weighted by Crippen LogP contribution is 2.41. The quantitative estimate of drug-likeness (QED) is 0.823. The molecule has 2 aliphatic rings. The first-order valence-electron chi connectivity index (χ1n) is 9.71. The van der Waals surface area contributed by atoms with Crippen LogP contribution in [0.3, 0.4) is 0 Å². The van der Waals surface area contributed by atoms with E-state index in [9.17, 15) is 0 Å². The Kier molecular flexibility index (Phi) is 5.23. The predicted molar refractivity (Wildman–Crippen MR) is 104 cm³/mol. The molecule has 2 aliphatic heterocycles. The van der Waals surface area contributed by atoms with Crippen LogP contribution in [0, 0.1) is 5.41 Å². The van der Waals surface area contributed by atoms with Crippen LogP contribution < -0.4 is 4.74 Å². The highest BCUT2D eigenvalue weighted by Gasteiger charge is 2.40. The molecule has 2 aromatic rings. The summed E-state index contributed by atoms with van der Waals surface area (Å²) >= 11 is 0. The molecule has 0 bridgehead atoms. The van der Waals surface area contributed by atoms with Crippen molar-refractivity contribution in [2.45, 2.75) is 32.4 Å². The molecule has 2 fully saturated rings. The minimum absolute atomic E-state index is 0.535. The largest absolute Gasteiger partial charge is 0.497 e. The molecular weight excluding hydrogens is 322 g/mol. The summed E-state index contributed by atoms with van der Waals surface area (Å²) in [7, 11) is 1.74. The second kappa shape index (κ2) is 7.77.